The van der Waals surface area contributed by atoms with Crippen LogP contribution in [-0.4, -0.2) is 38.3 Å². The average molecular weight is 314 g/mol. The zero-order valence-electron chi connectivity index (χ0n) is 11.0. The number of likely N-dealkylation sites (tertiary alicyclic amines) is 1. The predicted molar refractivity (Wildman–Crippen MR) is 76.0 cm³/mol. The molecule has 2 rings (SSSR count). The normalized spacial score (nSPS) is 17.9. The molecule has 0 aromatic heterocycles. The lowest BCUT2D eigenvalue weighted by Crippen LogP contribution is -2.36. The fourth-order valence-corrected chi connectivity index (χ4v) is 2.96. The van der Waals surface area contributed by atoms with Crippen LogP contribution in [-0.2, 0) is 11.3 Å². The third-order valence-electron chi connectivity index (χ3n) is 3.49. The van der Waals surface area contributed by atoms with Crippen molar-refractivity contribution in [3.8, 4) is 5.75 Å². The highest BCUT2D eigenvalue weighted by Gasteiger charge is 2.18. The minimum atomic E-state index is 0.448. The largest absolute Gasteiger partial charge is 0.496 e. The molecule has 0 amide bonds. The molecule has 1 fully saturated rings. The average Bonchev–Trinajstić information content (AvgIpc) is 2.40. The van der Waals surface area contributed by atoms with E-state index in [-0.39, 0.29) is 0 Å². The third-order valence-corrected chi connectivity index (χ3v) is 4.11. The van der Waals surface area contributed by atoms with Crippen LogP contribution < -0.4 is 4.74 Å². The van der Waals surface area contributed by atoms with Crippen molar-refractivity contribution in [1.29, 1.82) is 0 Å². The Kier molecular flexibility index (Phi) is 5.03. The summed E-state index contributed by atoms with van der Waals surface area (Å²) in [5.74, 6) is 0.886. The van der Waals surface area contributed by atoms with E-state index in [1.54, 1.807) is 14.2 Å². The molecule has 1 aliphatic rings. The summed E-state index contributed by atoms with van der Waals surface area (Å²) in [6.45, 7) is 3.23. The van der Waals surface area contributed by atoms with Gasteiger partial charge >= 0.3 is 0 Å². The minimum Gasteiger partial charge on any atom is -0.496 e. The lowest BCUT2D eigenvalue weighted by molar-refractivity contribution is 0.0388. The van der Waals surface area contributed by atoms with Gasteiger partial charge in [0.25, 0.3) is 0 Å². The van der Waals surface area contributed by atoms with E-state index in [0.29, 0.717) is 6.10 Å². The molecule has 1 heterocycles. The quantitative estimate of drug-likeness (QED) is 0.852. The first-order valence-electron chi connectivity index (χ1n) is 6.30. The molecule has 18 heavy (non-hydrogen) atoms. The standard InChI is InChI=1S/C14H20BrNO2/c1-17-12-5-7-16(8-6-12)10-11-3-4-14(18-2)13(15)9-11/h3-4,9,12H,5-8,10H2,1-2H3. The maximum absolute atomic E-state index is 5.39. The molecule has 1 aromatic carbocycles. The molecule has 0 atom stereocenters. The van der Waals surface area contributed by atoms with E-state index < -0.39 is 0 Å². The topological polar surface area (TPSA) is 21.7 Å². The number of nitrogens with zero attached hydrogens (tertiary/aromatic N) is 1. The second kappa shape index (κ2) is 6.55. The monoisotopic (exact) mass is 313 g/mol. The first-order valence-corrected chi connectivity index (χ1v) is 7.10. The molecule has 4 heteroatoms. The van der Waals surface area contributed by atoms with Gasteiger partial charge in [-0.3, -0.25) is 4.90 Å². The number of methoxy groups -OCH3 is 2. The van der Waals surface area contributed by atoms with E-state index in [9.17, 15) is 0 Å². The van der Waals surface area contributed by atoms with Gasteiger partial charge in [-0.05, 0) is 46.5 Å². The Hall–Kier alpha value is -0.580. The van der Waals surface area contributed by atoms with Crippen LogP contribution in [0.2, 0.25) is 0 Å². The van der Waals surface area contributed by atoms with Gasteiger partial charge in [0.05, 0.1) is 17.7 Å². The molecule has 1 aromatic rings. The van der Waals surface area contributed by atoms with Crippen LogP contribution in [0.1, 0.15) is 18.4 Å². The molecule has 3 nitrogen and oxygen atoms in total. The van der Waals surface area contributed by atoms with Gasteiger partial charge in [0.15, 0.2) is 0 Å². The Morgan fingerprint density at radius 3 is 2.56 bits per heavy atom. The predicted octanol–water partition coefficient (Wildman–Crippen LogP) is 3.07. The summed E-state index contributed by atoms with van der Waals surface area (Å²) >= 11 is 3.53. The van der Waals surface area contributed by atoms with Crippen molar-refractivity contribution in [1.82, 2.24) is 4.90 Å². The number of halogens is 1. The van der Waals surface area contributed by atoms with Crippen LogP contribution in [0.3, 0.4) is 0 Å². The van der Waals surface area contributed by atoms with Gasteiger partial charge in [-0.2, -0.15) is 0 Å². The Balaban J connectivity index is 1.92. The summed E-state index contributed by atoms with van der Waals surface area (Å²) in [5.41, 5.74) is 1.32. The van der Waals surface area contributed by atoms with E-state index in [1.807, 2.05) is 6.07 Å². The van der Waals surface area contributed by atoms with Crippen LogP contribution in [0.5, 0.6) is 5.75 Å². The van der Waals surface area contributed by atoms with Gasteiger partial charge in [-0.15, -0.1) is 0 Å². The van der Waals surface area contributed by atoms with E-state index in [1.165, 1.54) is 5.56 Å². The molecule has 1 saturated heterocycles. The maximum atomic E-state index is 5.39. The molecular formula is C14H20BrNO2. The Morgan fingerprint density at radius 2 is 2.00 bits per heavy atom. The van der Waals surface area contributed by atoms with Crippen LogP contribution in [0.25, 0.3) is 0 Å². The van der Waals surface area contributed by atoms with Gasteiger partial charge < -0.3 is 9.47 Å². The fourth-order valence-electron chi connectivity index (χ4n) is 2.37. The summed E-state index contributed by atoms with van der Waals surface area (Å²) in [5, 5.41) is 0. The zero-order chi connectivity index (χ0) is 13.0. The van der Waals surface area contributed by atoms with Gasteiger partial charge in [0, 0.05) is 26.7 Å². The smallest absolute Gasteiger partial charge is 0.133 e. The van der Waals surface area contributed by atoms with Crippen LogP contribution >= 0.6 is 15.9 Å². The van der Waals surface area contributed by atoms with Crippen molar-refractivity contribution in [3.05, 3.63) is 28.2 Å². The van der Waals surface area contributed by atoms with Crippen molar-refractivity contribution in [2.45, 2.75) is 25.5 Å². The second-order valence-corrected chi connectivity index (χ2v) is 5.53. The first-order chi connectivity index (χ1) is 8.72. The highest BCUT2D eigenvalue weighted by Crippen LogP contribution is 2.26. The highest BCUT2D eigenvalue weighted by atomic mass is 79.9. The molecule has 100 valence electrons. The van der Waals surface area contributed by atoms with Crippen molar-refractivity contribution < 1.29 is 9.47 Å². The molecule has 0 saturated carbocycles. The molecule has 0 N–H and O–H groups in total. The molecule has 0 radical (unpaired) electrons. The van der Waals surface area contributed by atoms with E-state index in [4.69, 9.17) is 9.47 Å². The second-order valence-electron chi connectivity index (χ2n) is 4.68. The first kappa shape index (κ1) is 13.8. The minimum absolute atomic E-state index is 0.448. The molecule has 0 spiro atoms. The van der Waals surface area contributed by atoms with Crippen LogP contribution in [0, 0.1) is 0 Å². The summed E-state index contributed by atoms with van der Waals surface area (Å²) < 4.78 is 11.7. The van der Waals surface area contributed by atoms with E-state index in [0.717, 1.165) is 42.7 Å². The summed E-state index contributed by atoms with van der Waals surface area (Å²) in [6, 6.07) is 6.29. The number of rotatable bonds is 4. The highest BCUT2D eigenvalue weighted by molar-refractivity contribution is 9.10. The zero-order valence-corrected chi connectivity index (χ0v) is 12.6. The SMILES string of the molecule is COc1ccc(CN2CCC(OC)CC2)cc1Br. The van der Waals surface area contributed by atoms with Gasteiger partial charge in [0.2, 0.25) is 0 Å². The maximum Gasteiger partial charge on any atom is 0.133 e. The number of hydrogen-bond donors (Lipinski definition) is 0. The lowest BCUT2D eigenvalue weighted by Gasteiger charge is -2.31. The van der Waals surface area contributed by atoms with Crippen molar-refractivity contribution >= 4 is 15.9 Å². The third kappa shape index (κ3) is 3.46. The fraction of sp³-hybridized carbons (Fsp3) is 0.571. The Morgan fingerprint density at radius 1 is 1.28 bits per heavy atom. The number of ether oxygens (including phenoxy) is 2. The molecule has 0 bridgehead atoms. The van der Waals surface area contributed by atoms with Gasteiger partial charge in [0.1, 0.15) is 5.75 Å². The summed E-state index contributed by atoms with van der Waals surface area (Å²) in [6.07, 6.45) is 2.71. The molecular weight excluding hydrogens is 294 g/mol. The van der Waals surface area contributed by atoms with Crippen molar-refractivity contribution in [3.63, 3.8) is 0 Å². The number of hydrogen-bond acceptors (Lipinski definition) is 3. The van der Waals surface area contributed by atoms with E-state index >= 15 is 0 Å². The Labute approximate surface area is 117 Å². The van der Waals surface area contributed by atoms with Gasteiger partial charge in [-0.25, -0.2) is 0 Å². The summed E-state index contributed by atoms with van der Waals surface area (Å²) in [7, 11) is 3.50. The summed E-state index contributed by atoms with van der Waals surface area (Å²) in [4.78, 5) is 2.48. The lowest BCUT2D eigenvalue weighted by atomic mass is 10.1. The molecule has 1 aliphatic heterocycles. The van der Waals surface area contributed by atoms with Gasteiger partial charge in [-0.1, -0.05) is 6.07 Å². The Bertz CT molecular complexity index is 389. The number of benzene rings is 1. The van der Waals surface area contributed by atoms with Crippen molar-refractivity contribution in [2.75, 3.05) is 27.3 Å². The number of piperidine rings is 1. The molecule has 0 unspecified atom stereocenters. The molecule has 0 aliphatic carbocycles. The van der Waals surface area contributed by atoms with Crippen LogP contribution in [0.15, 0.2) is 22.7 Å². The van der Waals surface area contributed by atoms with Crippen LogP contribution in [0.4, 0.5) is 0 Å². The van der Waals surface area contributed by atoms with E-state index in [2.05, 4.69) is 33.0 Å². The van der Waals surface area contributed by atoms with Crippen molar-refractivity contribution in [2.24, 2.45) is 0 Å².